The van der Waals surface area contributed by atoms with Crippen molar-refractivity contribution in [2.45, 2.75) is 17.5 Å². The average Bonchev–Trinajstić information content (AvgIpc) is 3.15. The lowest BCUT2D eigenvalue weighted by atomic mass is 10.0. The van der Waals surface area contributed by atoms with Crippen molar-refractivity contribution in [3.8, 4) is 16.9 Å². The molecule has 39 heavy (non-hydrogen) atoms. The smallest absolute Gasteiger partial charge is 0.323 e. The van der Waals surface area contributed by atoms with Gasteiger partial charge >= 0.3 is 5.97 Å². The lowest BCUT2D eigenvalue weighted by molar-refractivity contribution is -0.141. The highest BCUT2D eigenvalue weighted by Crippen LogP contribution is 2.33. The minimum Gasteiger partial charge on any atom is -0.497 e. The third kappa shape index (κ3) is 5.14. The average molecular weight is 543 g/mol. The zero-order chi connectivity index (χ0) is 27.6. The third-order valence-corrected chi connectivity index (χ3v) is 8.62. The Morgan fingerprint density at radius 1 is 0.821 bits per heavy atom. The summed E-state index contributed by atoms with van der Waals surface area (Å²) in [6.07, 6.45) is 0. The normalized spacial score (nSPS) is 15.7. The maximum Gasteiger partial charge on any atom is 0.323 e. The van der Waals surface area contributed by atoms with E-state index in [0.717, 1.165) is 15.4 Å². The van der Waals surface area contributed by atoms with Crippen LogP contribution in [0.4, 0.5) is 5.69 Å². The Morgan fingerprint density at radius 2 is 1.44 bits per heavy atom. The molecule has 1 N–H and O–H groups in total. The molecule has 0 bridgehead atoms. The molecular weight excluding hydrogens is 516 g/mol. The molecular formula is C30H26N2O6S. The van der Waals surface area contributed by atoms with Crippen molar-refractivity contribution in [1.82, 2.24) is 4.31 Å². The number of methoxy groups -OCH3 is 1. The van der Waals surface area contributed by atoms with Crippen LogP contribution in [-0.2, 0) is 21.4 Å². The molecule has 5 rings (SSSR count). The van der Waals surface area contributed by atoms with Gasteiger partial charge in [-0.2, -0.15) is 4.31 Å². The topological polar surface area (TPSA) is 104 Å². The number of aliphatic carboxylic acids is 1. The molecule has 8 nitrogen and oxygen atoms in total. The molecule has 4 aromatic rings. The van der Waals surface area contributed by atoms with E-state index in [1.165, 1.54) is 36.3 Å². The van der Waals surface area contributed by atoms with Gasteiger partial charge in [-0.15, -0.1) is 0 Å². The molecule has 1 unspecified atom stereocenters. The second-order valence-corrected chi connectivity index (χ2v) is 11.0. The predicted octanol–water partition coefficient (Wildman–Crippen LogP) is 4.67. The van der Waals surface area contributed by atoms with Gasteiger partial charge in [0.25, 0.3) is 5.91 Å². The van der Waals surface area contributed by atoms with Crippen LogP contribution in [0.5, 0.6) is 5.75 Å². The fraction of sp³-hybridized carbons (Fsp3) is 0.133. The number of nitrogens with zero attached hydrogens (tertiary/aromatic N) is 2. The molecule has 0 fully saturated rings. The quantitative estimate of drug-likeness (QED) is 0.380. The van der Waals surface area contributed by atoms with E-state index in [4.69, 9.17) is 4.74 Å². The second kappa shape index (κ2) is 10.7. The van der Waals surface area contributed by atoms with Crippen LogP contribution in [0.25, 0.3) is 11.1 Å². The number of carboxylic acid groups (broad SMARTS) is 1. The molecule has 1 amide bonds. The van der Waals surface area contributed by atoms with Crippen LogP contribution in [0.2, 0.25) is 0 Å². The fourth-order valence-corrected chi connectivity index (χ4v) is 6.22. The number of sulfonamides is 1. The summed E-state index contributed by atoms with van der Waals surface area (Å²) < 4.78 is 33.5. The molecule has 9 heteroatoms. The first kappa shape index (κ1) is 26.1. The maximum atomic E-state index is 13.8. The second-order valence-electron chi connectivity index (χ2n) is 9.07. The Labute approximate surface area is 226 Å². The molecule has 1 aliphatic rings. The fourth-order valence-electron chi connectivity index (χ4n) is 4.67. The summed E-state index contributed by atoms with van der Waals surface area (Å²) in [7, 11) is -2.77. The first-order chi connectivity index (χ1) is 18.8. The first-order valence-electron chi connectivity index (χ1n) is 12.2. The van der Waals surface area contributed by atoms with Gasteiger partial charge in [-0.25, -0.2) is 8.42 Å². The number of amides is 1. The molecule has 4 aromatic carbocycles. The summed E-state index contributed by atoms with van der Waals surface area (Å²) >= 11 is 0. The van der Waals surface area contributed by atoms with Crippen LogP contribution in [-0.4, -0.2) is 49.4 Å². The monoisotopic (exact) mass is 542 g/mol. The Balaban J connectivity index is 1.52. The Kier molecular flexibility index (Phi) is 7.19. The molecule has 0 radical (unpaired) electrons. The van der Waals surface area contributed by atoms with Gasteiger partial charge in [-0.1, -0.05) is 60.7 Å². The van der Waals surface area contributed by atoms with E-state index in [1.54, 1.807) is 36.4 Å². The van der Waals surface area contributed by atoms with E-state index in [-0.39, 0.29) is 18.0 Å². The van der Waals surface area contributed by atoms with Crippen molar-refractivity contribution in [3.63, 3.8) is 0 Å². The number of carbonyl (C=O) groups excluding carboxylic acids is 1. The highest BCUT2D eigenvalue weighted by molar-refractivity contribution is 7.89. The molecule has 0 saturated carbocycles. The summed E-state index contributed by atoms with van der Waals surface area (Å²) in [4.78, 5) is 27.6. The first-order valence-corrected chi connectivity index (χ1v) is 13.7. The van der Waals surface area contributed by atoms with Crippen LogP contribution in [0.15, 0.2) is 108 Å². The highest BCUT2D eigenvalue weighted by atomic mass is 32.2. The van der Waals surface area contributed by atoms with Crippen LogP contribution >= 0.6 is 0 Å². The van der Waals surface area contributed by atoms with Crippen molar-refractivity contribution in [2.24, 2.45) is 0 Å². The molecule has 198 valence electrons. The van der Waals surface area contributed by atoms with Crippen molar-refractivity contribution in [2.75, 3.05) is 18.6 Å². The van der Waals surface area contributed by atoms with Crippen LogP contribution in [0.1, 0.15) is 15.9 Å². The van der Waals surface area contributed by atoms with Crippen molar-refractivity contribution < 1.29 is 27.9 Å². The molecule has 1 atom stereocenters. The van der Waals surface area contributed by atoms with Gasteiger partial charge in [0.05, 0.1) is 18.6 Å². The van der Waals surface area contributed by atoms with Crippen LogP contribution in [0, 0.1) is 0 Å². The van der Waals surface area contributed by atoms with Gasteiger partial charge in [0, 0.05) is 17.8 Å². The number of benzene rings is 4. The van der Waals surface area contributed by atoms with E-state index in [1.807, 2.05) is 42.5 Å². The van der Waals surface area contributed by atoms with Gasteiger partial charge in [-0.3, -0.25) is 9.59 Å². The van der Waals surface area contributed by atoms with E-state index >= 15 is 0 Å². The predicted molar refractivity (Wildman–Crippen MR) is 147 cm³/mol. The summed E-state index contributed by atoms with van der Waals surface area (Å²) in [5.74, 6) is -1.30. The molecule has 0 saturated heterocycles. The minimum atomic E-state index is -4.24. The van der Waals surface area contributed by atoms with E-state index in [2.05, 4.69) is 0 Å². The summed E-state index contributed by atoms with van der Waals surface area (Å²) in [5.41, 5.74) is 3.28. The number of ether oxygens (including phenoxy) is 1. The van der Waals surface area contributed by atoms with Gasteiger partial charge in [0.2, 0.25) is 10.0 Å². The van der Waals surface area contributed by atoms with Gasteiger partial charge < -0.3 is 14.7 Å². The lowest BCUT2D eigenvalue weighted by Crippen LogP contribution is -2.50. The number of hydrogen-bond donors (Lipinski definition) is 1. The van der Waals surface area contributed by atoms with Crippen molar-refractivity contribution >= 4 is 27.6 Å². The van der Waals surface area contributed by atoms with Crippen molar-refractivity contribution in [3.05, 3.63) is 114 Å². The Bertz CT molecular complexity index is 1600. The highest BCUT2D eigenvalue weighted by Gasteiger charge is 2.41. The van der Waals surface area contributed by atoms with E-state index < -0.39 is 27.9 Å². The summed E-state index contributed by atoms with van der Waals surface area (Å²) in [6.45, 7) is -0.570. The van der Waals surface area contributed by atoms with Gasteiger partial charge in [-0.05, 0) is 59.2 Å². The standard InChI is InChI=1S/C30H26N2O6S/c1-38-25-15-17-26(18-16-25)39(36,37)32-19-24-9-5-6-10-27(24)31(20-28(32)30(34)35)29(33)23-13-11-22(12-14-23)21-7-3-2-4-8-21/h2-18,28H,19-20H2,1H3,(H,34,35). The minimum absolute atomic E-state index is 0.0664. The summed E-state index contributed by atoms with van der Waals surface area (Å²) in [6, 6.07) is 27.9. The zero-order valence-electron chi connectivity index (χ0n) is 21.1. The largest absolute Gasteiger partial charge is 0.497 e. The van der Waals surface area contributed by atoms with Crippen LogP contribution < -0.4 is 9.64 Å². The molecule has 0 aromatic heterocycles. The van der Waals surface area contributed by atoms with E-state index in [9.17, 15) is 23.1 Å². The van der Waals surface area contributed by atoms with E-state index in [0.29, 0.717) is 22.6 Å². The third-order valence-electron chi connectivity index (χ3n) is 6.75. The maximum absolute atomic E-state index is 13.8. The number of hydrogen-bond acceptors (Lipinski definition) is 5. The molecule has 0 aliphatic carbocycles. The number of fused-ring (bicyclic) bond motifs is 1. The molecule has 1 heterocycles. The number of rotatable bonds is 6. The Morgan fingerprint density at radius 3 is 2.08 bits per heavy atom. The molecule has 0 spiro atoms. The van der Waals surface area contributed by atoms with Crippen LogP contribution in [0.3, 0.4) is 0 Å². The SMILES string of the molecule is COc1ccc(S(=O)(=O)N2Cc3ccccc3N(C(=O)c3ccc(-c4ccccc4)cc3)CC2C(=O)O)cc1. The van der Waals surface area contributed by atoms with Crippen molar-refractivity contribution in [1.29, 1.82) is 0 Å². The van der Waals surface area contributed by atoms with Gasteiger partial charge in [0.1, 0.15) is 11.8 Å². The van der Waals surface area contributed by atoms with Gasteiger partial charge in [0.15, 0.2) is 0 Å². The number of anilines is 1. The molecule has 1 aliphatic heterocycles. The summed E-state index contributed by atoms with van der Waals surface area (Å²) in [5, 5.41) is 10.2. The number of carbonyl (C=O) groups is 2. The Hall–Kier alpha value is -4.47. The number of carboxylic acids is 1. The number of para-hydroxylation sites is 1. The zero-order valence-corrected chi connectivity index (χ0v) is 21.9. The lowest BCUT2D eigenvalue weighted by Gasteiger charge is -2.28.